The van der Waals surface area contributed by atoms with E-state index in [0.717, 1.165) is 11.8 Å². The van der Waals surface area contributed by atoms with Gasteiger partial charge in [0.05, 0.1) is 0 Å². The van der Waals surface area contributed by atoms with Crippen molar-refractivity contribution in [1.29, 1.82) is 0 Å². The van der Waals surface area contributed by atoms with Crippen LogP contribution in [0.15, 0.2) is 0 Å². The highest BCUT2D eigenvalue weighted by Crippen LogP contribution is 2.19. The van der Waals surface area contributed by atoms with E-state index in [9.17, 15) is 0 Å². The van der Waals surface area contributed by atoms with Gasteiger partial charge in [-0.2, -0.15) is 0 Å². The Bertz CT molecular complexity index is 196. The molecule has 0 bridgehead atoms. The summed E-state index contributed by atoms with van der Waals surface area (Å²) in [7, 11) is 0. The normalized spacial score (nSPS) is 14.2. The van der Waals surface area contributed by atoms with Crippen LogP contribution in [-0.4, -0.2) is 0 Å². The molecule has 0 aromatic heterocycles. The van der Waals surface area contributed by atoms with Crippen molar-refractivity contribution in [2.45, 2.75) is 130 Å². The van der Waals surface area contributed by atoms with Crippen molar-refractivity contribution < 1.29 is 0 Å². The van der Waals surface area contributed by atoms with Crippen LogP contribution in [0, 0.1) is 11.8 Å². The van der Waals surface area contributed by atoms with E-state index in [2.05, 4.69) is 27.7 Å². The van der Waals surface area contributed by atoms with Crippen LogP contribution in [-0.2, 0) is 0 Å². The molecule has 0 saturated carbocycles. The van der Waals surface area contributed by atoms with E-state index in [1.807, 2.05) is 0 Å². The lowest BCUT2D eigenvalue weighted by molar-refractivity contribution is 0.419. The Morgan fingerprint density at radius 2 is 0.818 bits per heavy atom. The highest BCUT2D eigenvalue weighted by Gasteiger charge is 2.03. The Kier molecular flexibility index (Phi) is 17.4. The minimum atomic E-state index is 0.944. The molecule has 0 rings (SSSR count). The second-order valence-electron chi connectivity index (χ2n) is 7.87. The summed E-state index contributed by atoms with van der Waals surface area (Å²) in [6.45, 7) is 9.48. The van der Waals surface area contributed by atoms with Crippen molar-refractivity contribution >= 4 is 0 Å². The second kappa shape index (κ2) is 17.4. The molecule has 0 saturated heterocycles. The summed E-state index contributed by atoms with van der Waals surface area (Å²) in [5.41, 5.74) is 0. The van der Waals surface area contributed by atoms with E-state index in [4.69, 9.17) is 0 Å². The molecule has 0 aromatic carbocycles. The van der Waals surface area contributed by atoms with Gasteiger partial charge >= 0.3 is 0 Å². The zero-order chi connectivity index (χ0) is 16.5. The first-order valence-corrected chi connectivity index (χ1v) is 10.7. The summed E-state index contributed by atoms with van der Waals surface area (Å²) in [5, 5.41) is 0. The Labute approximate surface area is 142 Å². The standard InChI is InChI=1S/C22H46/c1-5-7-8-9-10-11-12-13-15-19-22(4)20-17-14-16-18-21(3)6-2/h21-22H,5-20H2,1-4H3. The highest BCUT2D eigenvalue weighted by atomic mass is 14.1. The second-order valence-corrected chi connectivity index (χ2v) is 7.87. The van der Waals surface area contributed by atoms with Gasteiger partial charge in [-0.25, -0.2) is 0 Å². The molecule has 0 heterocycles. The van der Waals surface area contributed by atoms with Crippen LogP contribution in [0.4, 0.5) is 0 Å². The lowest BCUT2D eigenvalue weighted by Gasteiger charge is -2.12. The number of hydrogen-bond acceptors (Lipinski definition) is 0. The largest absolute Gasteiger partial charge is 0.0654 e. The Balaban J connectivity index is 3.17. The van der Waals surface area contributed by atoms with Crippen molar-refractivity contribution in [2.75, 3.05) is 0 Å². The first kappa shape index (κ1) is 22.0. The van der Waals surface area contributed by atoms with Crippen LogP contribution < -0.4 is 0 Å². The van der Waals surface area contributed by atoms with E-state index in [-0.39, 0.29) is 0 Å². The van der Waals surface area contributed by atoms with Gasteiger partial charge in [-0.1, -0.05) is 130 Å². The van der Waals surface area contributed by atoms with Crippen LogP contribution >= 0.6 is 0 Å². The summed E-state index contributed by atoms with van der Waals surface area (Å²) < 4.78 is 0. The van der Waals surface area contributed by atoms with Gasteiger partial charge in [0, 0.05) is 0 Å². The van der Waals surface area contributed by atoms with Gasteiger partial charge in [0.2, 0.25) is 0 Å². The van der Waals surface area contributed by atoms with Crippen LogP contribution in [0.2, 0.25) is 0 Å². The zero-order valence-corrected chi connectivity index (χ0v) is 16.5. The highest BCUT2D eigenvalue weighted by molar-refractivity contribution is 4.57. The van der Waals surface area contributed by atoms with Crippen LogP contribution in [0.1, 0.15) is 130 Å². The summed E-state index contributed by atoms with van der Waals surface area (Å²) in [6.07, 6.45) is 23.3. The molecule has 2 unspecified atom stereocenters. The molecule has 0 nitrogen and oxygen atoms in total. The SMILES string of the molecule is CCCCCCCCCCCC(C)CCCCCC(C)CC. The van der Waals surface area contributed by atoms with Gasteiger partial charge in [-0.15, -0.1) is 0 Å². The van der Waals surface area contributed by atoms with E-state index >= 15 is 0 Å². The zero-order valence-electron chi connectivity index (χ0n) is 16.5. The van der Waals surface area contributed by atoms with E-state index in [1.165, 1.54) is 103 Å². The molecule has 0 heteroatoms. The fourth-order valence-corrected chi connectivity index (χ4v) is 3.31. The predicted octanol–water partition coefficient (Wildman–Crippen LogP) is 8.54. The van der Waals surface area contributed by atoms with Crippen LogP contribution in [0.5, 0.6) is 0 Å². The maximum absolute atomic E-state index is 2.47. The van der Waals surface area contributed by atoms with Gasteiger partial charge in [-0.05, 0) is 11.8 Å². The van der Waals surface area contributed by atoms with Crippen molar-refractivity contribution in [3.63, 3.8) is 0 Å². The molecule has 2 atom stereocenters. The number of hydrogen-bond donors (Lipinski definition) is 0. The van der Waals surface area contributed by atoms with Gasteiger partial charge in [0.15, 0.2) is 0 Å². The van der Waals surface area contributed by atoms with Crippen molar-refractivity contribution in [3.8, 4) is 0 Å². The predicted molar refractivity (Wildman–Crippen MR) is 104 cm³/mol. The molecule has 0 aromatic rings. The summed E-state index contributed by atoms with van der Waals surface area (Å²) in [6, 6.07) is 0. The lowest BCUT2D eigenvalue weighted by atomic mass is 9.94. The van der Waals surface area contributed by atoms with E-state index < -0.39 is 0 Å². The van der Waals surface area contributed by atoms with Gasteiger partial charge in [0.1, 0.15) is 0 Å². The molecule has 0 amide bonds. The molecule has 0 N–H and O–H groups in total. The Morgan fingerprint density at radius 3 is 1.27 bits per heavy atom. The fourth-order valence-electron chi connectivity index (χ4n) is 3.31. The third-order valence-electron chi connectivity index (χ3n) is 5.39. The molecule has 0 aliphatic carbocycles. The third-order valence-corrected chi connectivity index (χ3v) is 5.39. The Hall–Kier alpha value is 0. The topological polar surface area (TPSA) is 0 Å². The summed E-state index contributed by atoms with van der Waals surface area (Å²) >= 11 is 0. The maximum Gasteiger partial charge on any atom is -0.0443 e. The molecule has 0 aliphatic heterocycles. The maximum atomic E-state index is 2.47. The average molecular weight is 311 g/mol. The van der Waals surface area contributed by atoms with Gasteiger partial charge < -0.3 is 0 Å². The van der Waals surface area contributed by atoms with E-state index in [0.29, 0.717) is 0 Å². The van der Waals surface area contributed by atoms with Gasteiger partial charge in [-0.3, -0.25) is 0 Å². The summed E-state index contributed by atoms with van der Waals surface area (Å²) in [4.78, 5) is 0. The number of unbranched alkanes of at least 4 members (excludes halogenated alkanes) is 10. The minimum Gasteiger partial charge on any atom is -0.0654 e. The van der Waals surface area contributed by atoms with E-state index in [1.54, 1.807) is 0 Å². The minimum absolute atomic E-state index is 0.944. The molecule has 0 spiro atoms. The van der Waals surface area contributed by atoms with Crippen LogP contribution in [0.25, 0.3) is 0 Å². The molecular formula is C22H46. The third kappa shape index (κ3) is 16.4. The van der Waals surface area contributed by atoms with Crippen molar-refractivity contribution in [1.82, 2.24) is 0 Å². The quantitative estimate of drug-likeness (QED) is 0.236. The molecule has 0 aliphatic rings. The average Bonchev–Trinajstić information content (AvgIpc) is 2.52. The fraction of sp³-hybridized carbons (Fsp3) is 1.00. The number of rotatable bonds is 17. The smallest absolute Gasteiger partial charge is 0.0443 e. The Morgan fingerprint density at radius 1 is 0.455 bits per heavy atom. The first-order chi connectivity index (χ1) is 10.7. The lowest BCUT2D eigenvalue weighted by Crippen LogP contribution is -1.96. The summed E-state index contributed by atoms with van der Waals surface area (Å²) in [5.74, 6) is 1.91. The molecule has 0 radical (unpaired) electrons. The molecular weight excluding hydrogens is 264 g/mol. The van der Waals surface area contributed by atoms with Crippen molar-refractivity contribution in [2.24, 2.45) is 11.8 Å². The molecule has 22 heavy (non-hydrogen) atoms. The molecule has 0 fully saturated rings. The van der Waals surface area contributed by atoms with Crippen LogP contribution in [0.3, 0.4) is 0 Å². The van der Waals surface area contributed by atoms with Gasteiger partial charge in [0.25, 0.3) is 0 Å². The first-order valence-electron chi connectivity index (χ1n) is 10.7. The monoisotopic (exact) mass is 310 g/mol. The van der Waals surface area contributed by atoms with Crippen molar-refractivity contribution in [3.05, 3.63) is 0 Å². The molecule has 134 valence electrons.